The van der Waals surface area contributed by atoms with Gasteiger partial charge in [0.2, 0.25) is 11.8 Å². The first-order valence-electron chi connectivity index (χ1n) is 8.79. The minimum absolute atomic E-state index is 0.0927. The highest BCUT2D eigenvalue weighted by atomic mass is 32.1. The van der Waals surface area contributed by atoms with Crippen LogP contribution in [-0.4, -0.2) is 59.9 Å². The quantitative estimate of drug-likeness (QED) is 0.827. The number of pyridine rings is 1. The van der Waals surface area contributed by atoms with E-state index in [9.17, 15) is 9.59 Å². The second kappa shape index (κ2) is 7.07. The van der Waals surface area contributed by atoms with Crippen molar-refractivity contribution in [3.63, 3.8) is 0 Å². The number of aromatic nitrogens is 1. The van der Waals surface area contributed by atoms with Crippen LogP contribution in [0.5, 0.6) is 5.88 Å². The first-order valence-corrected chi connectivity index (χ1v) is 9.67. The minimum atomic E-state index is -0.0927. The van der Waals surface area contributed by atoms with Crippen LogP contribution in [0.4, 0.5) is 0 Å². The Morgan fingerprint density at radius 2 is 1.92 bits per heavy atom. The van der Waals surface area contributed by atoms with Crippen LogP contribution in [-0.2, 0) is 4.79 Å². The second-order valence-electron chi connectivity index (χ2n) is 6.64. The number of thiophene rings is 1. The molecular formula is C19H21N3O3S. The zero-order valence-electron chi connectivity index (χ0n) is 14.6. The van der Waals surface area contributed by atoms with Crippen molar-refractivity contribution in [2.75, 3.05) is 33.3 Å². The molecule has 136 valence electrons. The molecule has 4 rings (SSSR count). The minimum Gasteiger partial charge on any atom is -0.480 e. The van der Waals surface area contributed by atoms with E-state index in [0.29, 0.717) is 43.5 Å². The third-order valence-electron chi connectivity index (χ3n) is 5.09. The SMILES string of the molecule is COc1ncccc1C(=O)N1CCN(C(=O)C2CC2c2cccs2)CC1. The second-order valence-corrected chi connectivity index (χ2v) is 7.62. The standard InChI is InChI=1S/C19H21N3O3S/c1-25-17-13(4-2-6-20-17)18(23)21-7-9-22(10-8-21)19(24)15-12-14(15)16-5-3-11-26-16/h2-6,11,14-15H,7-10,12H2,1H3. The Hall–Kier alpha value is -2.41. The topological polar surface area (TPSA) is 62.7 Å². The molecule has 0 N–H and O–H groups in total. The predicted octanol–water partition coefficient (Wildman–Crippen LogP) is 2.24. The summed E-state index contributed by atoms with van der Waals surface area (Å²) in [4.78, 5) is 34.5. The zero-order valence-corrected chi connectivity index (χ0v) is 15.4. The van der Waals surface area contributed by atoms with Crippen molar-refractivity contribution in [2.24, 2.45) is 5.92 Å². The van der Waals surface area contributed by atoms with Gasteiger partial charge in [0.05, 0.1) is 7.11 Å². The number of methoxy groups -OCH3 is 1. The molecule has 0 radical (unpaired) electrons. The fraction of sp³-hybridized carbons (Fsp3) is 0.421. The van der Waals surface area contributed by atoms with Crippen LogP contribution < -0.4 is 4.74 Å². The Morgan fingerprint density at radius 1 is 1.15 bits per heavy atom. The van der Waals surface area contributed by atoms with Crippen molar-refractivity contribution < 1.29 is 14.3 Å². The molecule has 7 heteroatoms. The van der Waals surface area contributed by atoms with E-state index < -0.39 is 0 Å². The summed E-state index contributed by atoms with van der Waals surface area (Å²) in [5.74, 6) is 0.989. The molecule has 1 aliphatic carbocycles. The highest BCUT2D eigenvalue weighted by molar-refractivity contribution is 7.10. The van der Waals surface area contributed by atoms with E-state index in [4.69, 9.17) is 4.74 Å². The van der Waals surface area contributed by atoms with Gasteiger partial charge in [-0.25, -0.2) is 4.98 Å². The Bertz CT molecular complexity index is 800. The molecule has 3 heterocycles. The van der Waals surface area contributed by atoms with Crippen LogP contribution in [0, 0.1) is 5.92 Å². The fourth-order valence-electron chi connectivity index (χ4n) is 3.54. The summed E-state index contributed by atoms with van der Waals surface area (Å²) >= 11 is 1.73. The van der Waals surface area contributed by atoms with E-state index in [1.54, 1.807) is 34.6 Å². The lowest BCUT2D eigenvalue weighted by Crippen LogP contribution is -2.51. The molecule has 2 aromatic rings. The molecule has 1 saturated carbocycles. The number of hydrogen-bond donors (Lipinski definition) is 0. The van der Waals surface area contributed by atoms with Gasteiger partial charge in [-0.3, -0.25) is 9.59 Å². The molecule has 0 bridgehead atoms. The maximum atomic E-state index is 12.7. The number of hydrogen-bond acceptors (Lipinski definition) is 5. The highest BCUT2D eigenvalue weighted by Crippen LogP contribution is 2.50. The number of ether oxygens (including phenoxy) is 1. The van der Waals surface area contributed by atoms with E-state index in [0.717, 1.165) is 6.42 Å². The molecule has 2 unspecified atom stereocenters. The van der Waals surface area contributed by atoms with Crippen LogP contribution in [0.15, 0.2) is 35.8 Å². The van der Waals surface area contributed by atoms with Crippen molar-refractivity contribution in [3.05, 3.63) is 46.3 Å². The van der Waals surface area contributed by atoms with Crippen molar-refractivity contribution in [1.29, 1.82) is 0 Å². The molecular weight excluding hydrogens is 350 g/mol. The van der Waals surface area contributed by atoms with Crippen LogP contribution in [0.3, 0.4) is 0 Å². The smallest absolute Gasteiger partial charge is 0.259 e. The normalized spacial score (nSPS) is 22.2. The molecule has 1 saturated heterocycles. The lowest BCUT2D eigenvalue weighted by Gasteiger charge is -2.35. The van der Waals surface area contributed by atoms with E-state index in [1.807, 2.05) is 11.0 Å². The van der Waals surface area contributed by atoms with Crippen molar-refractivity contribution >= 4 is 23.2 Å². The van der Waals surface area contributed by atoms with E-state index >= 15 is 0 Å². The summed E-state index contributed by atoms with van der Waals surface area (Å²) in [7, 11) is 1.51. The van der Waals surface area contributed by atoms with Gasteiger partial charge in [-0.15, -0.1) is 11.3 Å². The highest BCUT2D eigenvalue weighted by Gasteiger charge is 2.46. The lowest BCUT2D eigenvalue weighted by molar-refractivity contribution is -0.134. The first kappa shape index (κ1) is 17.0. The summed E-state index contributed by atoms with van der Waals surface area (Å²) in [6, 6.07) is 7.60. The van der Waals surface area contributed by atoms with Gasteiger partial charge in [-0.2, -0.15) is 0 Å². The van der Waals surface area contributed by atoms with Gasteiger partial charge in [0.15, 0.2) is 0 Å². The molecule has 0 aromatic carbocycles. The molecule has 2 aromatic heterocycles. The first-order chi connectivity index (χ1) is 12.7. The fourth-order valence-corrected chi connectivity index (χ4v) is 4.44. The number of piperazine rings is 1. The lowest BCUT2D eigenvalue weighted by atomic mass is 10.2. The Morgan fingerprint density at radius 3 is 2.62 bits per heavy atom. The molecule has 1 aliphatic heterocycles. The van der Waals surface area contributed by atoms with Crippen LogP contribution in [0.1, 0.15) is 27.6 Å². The summed E-state index contributed by atoms with van der Waals surface area (Å²) in [5, 5.41) is 2.06. The molecule has 0 spiro atoms. The van der Waals surface area contributed by atoms with Crippen LogP contribution in [0.2, 0.25) is 0 Å². The van der Waals surface area contributed by atoms with Gasteiger partial charge >= 0.3 is 0 Å². The summed E-state index contributed by atoms with van der Waals surface area (Å²) in [6.45, 7) is 2.25. The predicted molar refractivity (Wildman–Crippen MR) is 98.4 cm³/mol. The van der Waals surface area contributed by atoms with Crippen molar-refractivity contribution in [3.8, 4) is 5.88 Å². The Balaban J connectivity index is 1.34. The number of carbonyl (C=O) groups is 2. The largest absolute Gasteiger partial charge is 0.480 e. The average molecular weight is 371 g/mol. The molecule has 26 heavy (non-hydrogen) atoms. The summed E-state index contributed by atoms with van der Waals surface area (Å²) < 4.78 is 5.18. The Kier molecular flexibility index (Phi) is 4.63. The molecule has 2 aliphatic rings. The van der Waals surface area contributed by atoms with Crippen LogP contribution in [0.25, 0.3) is 0 Å². The summed E-state index contributed by atoms with van der Waals surface area (Å²) in [5.41, 5.74) is 0.467. The number of amides is 2. The third kappa shape index (κ3) is 3.19. The number of nitrogens with zero attached hydrogens (tertiary/aromatic N) is 3. The molecule has 2 fully saturated rings. The van der Waals surface area contributed by atoms with E-state index in [1.165, 1.54) is 12.0 Å². The van der Waals surface area contributed by atoms with Gasteiger partial charge < -0.3 is 14.5 Å². The maximum absolute atomic E-state index is 12.7. The van der Waals surface area contributed by atoms with Crippen LogP contribution >= 0.6 is 11.3 Å². The van der Waals surface area contributed by atoms with E-state index in [2.05, 4.69) is 16.4 Å². The monoisotopic (exact) mass is 371 g/mol. The molecule has 2 amide bonds. The molecule has 2 atom stereocenters. The van der Waals surface area contributed by atoms with Gasteiger partial charge in [0, 0.05) is 49.1 Å². The summed E-state index contributed by atoms with van der Waals surface area (Å²) in [6.07, 6.45) is 2.55. The number of carbonyl (C=O) groups excluding carboxylic acids is 2. The van der Waals surface area contributed by atoms with Crippen molar-refractivity contribution in [2.45, 2.75) is 12.3 Å². The van der Waals surface area contributed by atoms with Crippen molar-refractivity contribution in [1.82, 2.24) is 14.8 Å². The zero-order chi connectivity index (χ0) is 18.1. The van der Waals surface area contributed by atoms with Gasteiger partial charge in [0.1, 0.15) is 5.56 Å². The van der Waals surface area contributed by atoms with Gasteiger partial charge in [0.25, 0.3) is 5.91 Å². The Labute approximate surface area is 156 Å². The average Bonchev–Trinajstić information content (AvgIpc) is 3.31. The van der Waals surface area contributed by atoms with E-state index in [-0.39, 0.29) is 17.7 Å². The van der Waals surface area contributed by atoms with Gasteiger partial charge in [-0.1, -0.05) is 6.07 Å². The number of rotatable bonds is 4. The molecule has 6 nitrogen and oxygen atoms in total. The maximum Gasteiger partial charge on any atom is 0.259 e. The third-order valence-corrected chi connectivity index (χ3v) is 6.09. The van der Waals surface area contributed by atoms with Gasteiger partial charge in [-0.05, 0) is 30.0 Å².